The van der Waals surface area contributed by atoms with E-state index < -0.39 is 0 Å². The first-order valence-corrected chi connectivity index (χ1v) is 3.01. The zero-order chi connectivity index (χ0) is 6.62. The number of hydroxylamine groups is 3. The maximum atomic E-state index is 5.12. The van der Waals surface area contributed by atoms with Crippen LogP contribution in [0.15, 0.2) is 0 Å². The molecule has 0 unspecified atom stereocenters. The molecule has 58 valence electrons. The van der Waals surface area contributed by atoms with E-state index in [2.05, 4.69) is 6.92 Å². The van der Waals surface area contributed by atoms with Crippen LogP contribution in [0.5, 0.6) is 0 Å². The molecule has 0 aliphatic carbocycles. The highest BCUT2D eigenvalue weighted by atomic mass is 79.9. The maximum Gasteiger partial charge on any atom is 0.108 e. The van der Waals surface area contributed by atoms with Crippen molar-refractivity contribution in [3.8, 4) is 0 Å². The van der Waals surface area contributed by atoms with E-state index in [9.17, 15) is 0 Å². The standard InChI is InChI=1S/C6H16NO.BrH/c1-5-6-7(2,3)8-4;/h5-6H2,1-4H3;1H/q+1;/p-1. The summed E-state index contributed by atoms with van der Waals surface area (Å²) in [7, 11) is 5.82. The number of hydrogen-bond acceptors (Lipinski definition) is 1. The third-order valence-corrected chi connectivity index (χ3v) is 1.26. The third-order valence-electron chi connectivity index (χ3n) is 1.26. The van der Waals surface area contributed by atoms with Gasteiger partial charge in [0.2, 0.25) is 0 Å². The fourth-order valence-electron chi connectivity index (χ4n) is 0.630. The van der Waals surface area contributed by atoms with Crippen molar-refractivity contribution in [1.82, 2.24) is 0 Å². The van der Waals surface area contributed by atoms with Crippen LogP contribution in [0, 0.1) is 0 Å². The van der Waals surface area contributed by atoms with Gasteiger partial charge in [-0.15, -0.1) is 0 Å². The quantitative estimate of drug-likeness (QED) is 0.378. The van der Waals surface area contributed by atoms with Crippen molar-refractivity contribution < 1.29 is 26.5 Å². The summed E-state index contributed by atoms with van der Waals surface area (Å²) in [5.74, 6) is 0. The highest BCUT2D eigenvalue weighted by molar-refractivity contribution is 4.17. The first kappa shape index (κ1) is 12.1. The zero-order valence-corrected chi connectivity index (χ0v) is 8.23. The molecule has 2 nitrogen and oxygen atoms in total. The van der Waals surface area contributed by atoms with Crippen molar-refractivity contribution in [1.29, 1.82) is 0 Å². The molecular weight excluding hydrogens is 182 g/mol. The lowest BCUT2D eigenvalue weighted by Gasteiger charge is -2.23. The largest absolute Gasteiger partial charge is 1.00 e. The van der Waals surface area contributed by atoms with Gasteiger partial charge in [0.15, 0.2) is 0 Å². The Bertz CT molecular complexity index is 66.1. The molecule has 0 aliphatic heterocycles. The monoisotopic (exact) mass is 197 g/mol. The summed E-state index contributed by atoms with van der Waals surface area (Å²) >= 11 is 0. The molecule has 0 bridgehead atoms. The van der Waals surface area contributed by atoms with E-state index >= 15 is 0 Å². The Hall–Kier alpha value is 0.400. The van der Waals surface area contributed by atoms with Crippen LogP contribution >= 0.6 is 0 Å². The van der Waals surface area contributed by atoms with Crippen LogP contribution in [0.4, 0.5) is 0 Å². The second kappa shape index (κ2) is 5.21. The van der Waals surface area contributed by atoms with Crippen LogP contribution < -0.4 is 17.0 Å². The Morgan fingerprint density at radius 3 is 1.89 bits per heavy atom. The summed E-state index contributed by atoms with van der Waals surface area (Å²) in [6.07, 6.45) is 1.17. The van der Waals surface area contributed by atoms with E-state index in [1.165, 1.54) is 6.42 Å². The Morgan fingerprint density at radius 1 is 1.33 bits per heavy atom. The summed E-state index contributed by atoms with van der Waals surface area (Å²) in [6.45, 7) is 3.23. The van der Waals surface area contributed by atoms with Gasteiger partial charge in [0.25, 0.3) is 0 Å². The summed E-state index contributed by atoms with van der Waals surface area (Å²) in [5.41, 5.74) is 0. The van der Waals surface area contributed by atoms with E-state index in [1.54, 1.807) is 7.11 Å². The molecule has 0 N–H and O–H groups in total. The fourth-order valence-corrected chi connectivity index (χ4v) is 0.630. The maximum absolute atomic E-state index is 5.12. The number of hydrogen-bond donors (Lipinski definition) is 0. The van der Waals surface area contributed by atoms with Crippen molar-refractivity contribution in [3.05, 3.63) is 0 Å². The van der Waals surface area contributed by atoms with Gasteiger partial charge in [-0.25, -0.2) is 4.84 Å². The number of halogens is 1. The summed E-state index contributed by atoms with van der Waals surface area (Å²) in [6, 6.07) is 0. The van der Waals surface area contributed by atoms with Crippen LogP contribution in [0.3, 0.4) is 0 Å². The first-order valence-electron chi connectivity index (χ1n) is 3.01. The van der Waals surface area contributed by atoms with Crippen molar-refractivity contribution >= 4 is 0 Å². The first-order chi connectivity index (χ1) is 3.62. The molecular formula is C6H16BrNO. The van der Waals surface area contributed by atoms with Crippen molar-refractivity contribution in [2.24, 2.45) is 0 Å². The minimum absolute atomic E-state index is 0. The van der Waals surface area contributed by atoms with Crippen LogP contribution in [0.2, 0.25) is 0 Å². The molecule has 3 heteroatoms. The van der Waals surface area contributed by atoms with Gasteiger partial charge in [-0.3, -0.25) is 0 Å². The van der Waals surface area contributed by atoms with Crippen LogP contribution in [-0.4, -0.2) is 32.4 Å². The second-order valence-electron chi connectivity index (χ2n) is 2.48. The van der Waals surface area contributed by atoms with Crippen molar-refractivity contribution in [3.63, 3.8) is 0 Å². The molecule has 9 heavy (non-hydrogen) atoms. The Morgan fingerprint density at radius 2 is 1.78 bits per heavy atom. The van der Waals surface area contributed by atoms with E-state index in [1.807, 2.05) is 14.1 Å². The van der Waals surface area contributed by atoms with Crippen molar-refractivity contribution in [2.45, 2.75) is 13.3 Å². The van der Waals surface area contributed by atoms with Gasteiger partial charge in [-0.1, -0.05) is 6.92 Å². The van der Waals surface area contributed by atoms with Crippen LogP contribution in [0.1, 0.15) is 13.3 Å². The molecule has 0 saturated heterocycles. The molecule has 0 spiro atoms. The number of quaternary nitrogens is 1. The molecule has 0 aliphatic rings. The average Bonchev–Trinajstić information content (AvgIpc) is 1.67. The van der Waals surface area contributed by atoms with Crippen LogP contribution in [0.25, 0.3) is 0 Å². The van der Waals surface area contributed by atoms with E-state index in [4.69, 9.17) is 4.84 Å². The lowest BCUT2D eigenvalue weighted by Crippen LogP contribution is -3.00. The van der Waals surface area contributed by atoms with E-state index in [0.29, 0.717) is 4.65 Å². The molecule has 0 aromatic rings. The zero-order valence-electron chi connectivity index (χ0n) is 6.65. The van der Waals surface area contributed by atoms with Gasteiger partial charge in [0.1, 0.15) is 6.54 Å². The Kier molecular flexibility index (Phi) is 7.01. The SMILES string of the molecule is CCC[N+](C)(C)OC.[Br-]. The molecule has 0 radical (unpaired) electrons. The minimum atomic E-state index is 0. The predicted molar refractivity (Wildman–Crippen MR) is 34.3 cm³/mol. The summed E-state index contributed by atoms with van der Waals surface area (Å²) < 4.78 is 0.663. The van der Waals surface area contributed by atoms with Gasteiger partial charge in [-0.2, -0.15) is 4.65 Å². The predicted octanol–water partition coefficient (Wildman–Crippen LogP) is -1.96. The highest BCUT2D eigenvalue weighted by Gasteiger charge is 2.10. The van der Waals surface area contributed by atoms with E-state index in [-0.39, 0.29) is 17.0 Å². The highest BCUT2D eigenvalue weighted by Crippen LogP contribution is 1.96. The van der Waals surface area contributed by atoms with Gasteiger partial charge < -0.3 is 17.0 Å². The number of rotatable bonds is 3. The lowest BCUT2D eigenvalue weighted by atomic mass is 10.4. The Labute approximate surface area is 68.1 Å². The number of nitrogens with zero attached hydrogens (tertiary/aromatic N) is 1. The third kappa shape index (κ3) is 6.28. The van der Waals surface area contributed by atoms with Gasteiger partial charge in [-0.05, 0) is 6.42 Å². The van der Waals surface area contributed by atoms with E-state index in [0.717, 1.165) is 6.54 Å². The fraction of sp³-hybridized carbons (Fsp3) is 1.00. The molecule has 0 heterocycles. The molecule has 0 atom stereocenters. The molecule has 0 fully saturated rings. The normalized spacial score (nSPS) is 10.7. The smallest absolute Gasteiger partial charge is 0.108 e. The summed E-state index contributed by atoms with van der Waals surface area (Å²) in [4.78, 5) is 5.12. The van der Waals surface area contributed by atoms with Crippen LogP contribution in [-0.2, 0) is 4.84 Å². The van der Waals surface area contributed by atoms with Crippen molar-refractivity contribution in [2.75, 3.05) is 27.7 Å². The minimum Gasteiger partial charge on any atom is -1.00 e. The van der Waals surface area contributed by atoms with Gasteiger partial charge in [0, 0.05) is 0 Å². The second-order valence-corrected chi connectivity index (χ2v) is 2.48. The average molecular weight is 198 g/mol. The molecule has 0 saturated carbocycles. The van der Waals surface area contributed by atoms with Gasteiger partial charge >= 0.3 is 0 Å². The van der Waals surface area contributed by atoms with Gasteiger partial charge in [0.05, 0.1) is 21.2 Å². The lowest BCUT2D eigenvalue weighted by molar-refractivity contribution is -1.07. The topological polar surface area (TPSA) is 9.23 Å². The molecule has 0 rings (SSSR count). The molecule has 0 aromatic carbocycles. The Balaban J connectivity index is 0. The molecule has 0 aromatic heterocycles. The summed E-state index contributed by atoms with van der Waals surface area (Å²) in [5, 5.41) is 0. The molecule has 0 amide bonds.